The summed E-state index contributed by atoms with van der Waals surface area (Å²) >= 11 is 0. The van der Waals surface area contributed by atoms with E-state index < -0.39 is 0 Å². The molecule has 0 amide bonds. The Balaban J connectivity index is 1.11. The van der Waals surface area contributed by atoms with E-state index >= 15 is 0 Å². The van der Waals surface area contributed by atoms with Crippen LogP contribution in [0, 0.1) is 23.2 Å². The van der Waals surface area contributed by atoms with Gasteiger partial charge in [0, 0.05) is 50.4 Å². The number of piperazine rings is 1. The van der Waals surface area contributed by atoms with Gasteiger partial charge in [-0.05, 0) is 55.6 Å². The molecule has 5 fully saturated rings. The maximum Gasteiger partial charge on any atom is 0.310 e. The standard InChI is InChI=1S/C26H36N2O4/c1-25-7-4-8-26(17-31-26)23(25)14-20-21(24(29)32-22(20)15-25)16-27-9-11-28(12-10-27)18-5-3-6-19(13-18)30-2/h3,5-6,13,20-23H,4,7-12,14-17H2,1-2H3/t20-,21-,22-,23+,25-,26-/m1/s1. The second-order valence-electron chi connectivity index (χ2n) is 11.1. The zero-order valence-electron chi connectivity index (χ0n) is 19.4. The SMILES string of the molecule is COc1cccc(N2CCN(C[C@H]3C(=O)O[C@@H]4C[C@@]5(C)CCC[C@@]6(CO6)[C@H]5C[C@@H]43)CC2)c1. The van der Waals surface area contributed by atoms with Crippen molar-refractivity contribution < 1.29 is 19.0 Å². The van der Waals surface area contributed by atoms with E-state index in [1.165, 1.54) is 24.9 Å². The predicted molar refractivity (Wildman–Crippen MR) is 122 cm³/mol. The van der Waals surface area contributed by atoms with Crippen molar-refractivity contribution in [2.24, 2.45) is 23.2 Å². The van der Waals surface area contributed by atoms with Gasteiger partial charge in [-0.25, -0.2) is 0 Å². The van der Waals surface area contributed by atoms with Gasteiger partial charge in [0.25, 0.3) is 0 Å². The van der Waals surface area contributed by atoms with Crippen LogP contribution in [0.1, 0.15) is 39.0 Å². The monoisotopic (exact) mass is 440 g/mol. The topological polar surface area (TPSA) is 54.5 Å². The number of fused-ring (bicyclic) bond motifs is 3. The predicted octanol–water partition coefficient (Wildman–Crippen LogP) is 3.34. The summed E-state index contributed by atoms with van der Waals surface area (Å²) < 4.78 is 17.4. The van der Waals surface area contributed by atoms with E-state index in [1.807, 2.05) is 12.1 Å². The van der Waals surface area contributed by atoms with E-state index in [4.69, 9.17) is 14.2 Å². The number of benzene rings is 1. The van der Waals surface area contributed by atoms with Crippen LogP contribution in [0.4, 0.5) is 5.69 Å². The molecule has 32 heavy (non-hydrogen) atoms. The van der Waals surface area contributed by atoms with Gasteiger partial charge in [-0.1, -0.05) is 13.0 Å². The summed E-state index contributed by atoms with van der Waals surface area (Å²) in [5.74, 6) is 1.91. The Labute approximate surface area is 191 Å². The maximum absolute atomic E-state index is 13.0. The second kappa shape index (κ2) is 7.63. The molecule has 3 aliphatic heterocycles. The number of hydrogen-bond acceptors (Lipinski definition) is 6. The largest absolute Gasteiger partial charge is 0.497 e. The molecule has 0 radical (unpaired) electrons. The minimum atomic E-state index is 0.0191. The molecule has 1 aromatic rings. The number of rotatable bonds is 4. The molecule has 3 saturated heterocycles. The first-order chi connectivity index (χ1) is 15.5. The van der Waals surface area contributed by atoms with Crippen molar-refractivity contribution in [2.45, 2.75) is 50.7 Å². The van der Waals surface area contributed by atoms with Gasteiger partial charge in [0.05, 0.1) is 25.2 Å². The van der Waals surface area contributed by atoms with E-state index in [2.05, 4.69) is 28.9 Å². The molecule has 0 unspecified atom stereocenters. The fourth-order valence-corrected chi connectivity index (χ4v) is 7.44. The van der Waals surface area contributed by atoms with Crippen molar-refractivity contribution in [3.05, 3.63) is 24.3 Å². The molecule has 6 atom stereocenters. The molecule has 6 nitrogen and oxygen atoms in total. The number of hydrogen-bond donors (Lipinski definition) is 0. The highest BCUT2D eigenvalue weighted by atomic mass is 16.6. The van der Waals surface area contributed by atoms with Crippen LogP contribution in [0.3, 0.4) is 0 Å². The van der Waals surface area contributed by atoms with Gasteiger partial charge in [-0.2, -0.15) is 0 Å². The van der Waals surface area contributed by atoms with Gasteiger partial charge in [-0.3, -0.25) is 9.69 Å². The fourth-order valence-electron chi connectivity index (χ4n) is 7.44. The molecule has 0 bridgehead atoms. The average Bonchev–Trinajstić information content (AvgIpc) is 3.51. The summed E-state index contributed by atoms with van der Waals surface area (Å²) in [6.45, 7) is 8.09. The first kappa shape index (κ1) is 20.8. The molecule has 2 aliphatic carbocycles. The molecule has 3 heterocycles. The van der Waals surface area contributed by atoms with Crippen LogP contribution in [-0.4, -0.2) is 69.0 Å². The first-order valence-corrected chi connectivity index (χ1v) is 12.5. The van der Waals surface area contributed by atoms with Gasteiger partial charge in [0.2, 0.25) is 0 Å². The Kier molecular flexibility index (Phi) is 4.95. The summed E-state index contributed by atoms with van der Waals surface area (Å²) in [4.78, 5) is 17.8. The third-order valence-electron chi connectivity index (χ3n) is 9.32. The Morgan fingerprint density at radius 2 is 2.00 bits per heavy atom. The molecule has 2 saturated carbocycles. The summed E-state index contributed by atoms with van der Waals surface area (Å²) in [6.07, 6.45) is 5.94. The molecule has 6 rings (SSSR count). The average molecular weight is 441 g/mol. The second-order valence-corrected chi connectivity index (χ2v) is 11.1. The zero-order valence-corrected chi connectivity index (χ0v) is 19.4. The lowest BCUT2D eigenvalue weighted by atomic mass is 9.53. The van der Waals surface area contributed by atoms with Crippen molar-refractivity contribution in [2.75, 3.05) is 51.3 Å². The van der Waals surface area contributed by atoms with E-state index in [0.29, 0.717) is 11.8 Å². The van der Waals surface area contributed by atoms with E-state index in [0.717, 1.165) is 57.9 Å². The minimum absolute atomic E-state index is 0.0191. The summed E-state index contributed by atoms with van der Waals surface area (Å²) in [5.41, 5.74) is 1.60. The number of epoxide rings is 1. The van der Waals surface area contributed by atoms with Gasteiger partial charge in [-0.15, -0.1) is 0 Å². The molecular weight excluding hydrogens is 404 g/mol. The lowest BCUT2D eigenvalue weighted by Crippen LogP contribution is -2.52. The van der Waals surface area contributed by atoms with E-state index in [-0.39, 0.29) is 29.0 Å². The molecule has 1 aromatic carbocycles. The van der Waals surface area contributed by atoms with Crippen LogP contribution in [0.25, 0.3) is 0 Å². The minimum Gasteiger partial charge on any atom is -0.497 e. The molecule has 6 heteroatoms. The van der Waals surface area contributed by atoms with Crippen LogP contribution in [0.15, 0.2) is 24.3 Å². The molecule has 5 aliphatic rings. The third kappa shape index (κ3) is 3.41. The maximum atomic E-state index is 13.0. The highest BCUT2D eigenvalue weighted by Crippen LogP contribution is 2.62. The Morgan fingerprint density at radius 1 is 1.19 bits per heavy atom. The summed E-state index contributed by atoms with van der Waals surface area (Å²) in [6, 6.07) is 8.29. The van der Waals surface area contributed by atoms with Crippen LogP contribution in [0.5, 0.6) is 5.75 Å². The van der Waals surface area contributed by atoms with Gasteiger partial charge in [0.1, 0.15) is 11.9 Å². The molecule has 1 spiro atoms. The number of ether oxygens (including phenoxy) is 3. The Hall–Kier alpha value is -1.79. The van der Waals surface area contributed by atoms with E-state index in [9.17, 15) is 4.79 Å². The first-order valence-electron chi connectivity index (χ1n) is 12.5. The van der Waals surface area contributed by atoms with Gasteiger partial charge >= 0.3 is 5.97 Å². The van der Waals surface area contributed by atoms with Crippen molar-refractivity contribution in [1.29, 1.82) is 0 Å². The number of esters is 1. The quantitative estimate of drug-likeness (QED) is 0.529. The lowest BCUT2D eigenvalue weighted by Gasteiger charge is -2.51. The van der Waals surface area contributed by atoms with Gasteiger partial charge < -0.3 is 19.1 Å². The number of carbonyl (C=O) groups is 1. The number of carbonyl (C=O) groups excluding carboxylic acids is 1. The third-order valence-corrected chi connectivity index (χ3v) is 9.32. The van der Waals surface area contributed by atoms with Gasteiger partial charge in [0.15, 0.2) is 0 Å². The summed E-state index contributed by atoms with van der Waals surface area (Å²) in [5, 5.41) is 0. The van der Waals surface area contributed by atoms with Crippen molar-refractivity contribution in [3.8, 4) is 5.75 Å². The number of nitrogens with zero attached hydrogens (tertiary/aromatic N) is 2. The molecule has 0 aromatic heterocycles. The normalized spacial score (nSPS) is 41.2. The van der Waals surface area contributed by atoms with E-state index in [1.54, 1.807) is 7.11 Å². The number of anilines is 1. The highest BCUT2D eigenvalue weighted by Gasteiger charge is 2.65. The van der Waals surface area contributed by atoms with Crippen molar-refractivity contribution in [1.82, 2.24) is 4.90 Å². The highest BCUT2D eigenvalue weighted by molar-refractivity contribution is 5.75. The zero-order chi connectivity index (χ0) is 21.9. The van der Waals surface area contributed by atoms with Crippen LogP contribution < -0.4 is 9.64 Å². The number of methoxy groups -OCH3 is 1. The molecular formula is C26H36N2O4. The van der Waals surface area contributed by atoms with Crippen molar-refractivity contribution >= 4 is 11.7 Å². The fraction of sp³-hybridized carbons (Fsp3) is 0.731. The lowest BCUT2D eigenvalue weighted by molar-refractivity contribution is -0.147. The Morgan fingerprint density at radius 3 is 2.75 bits per heavy atom. The van der Waals surface area contributed by atoms with Crippen LogP contribution >= 0.6 is 0 Å². The van der Waals surface area contributed by atoms with Crippen LogP contribution in [0.2, 0.25) is 0 Å². The molecule has 174 valence electrons. The van der Waals surface area contributed by atoms with Crippen molar-refractivity contribution in [3.63, 3.8) is 0 Å². The molecule has 0 N–H and O–H groups in total. The smallest absolute Gasteiger partial charge is 0.310 e. The van der Waals surface area contributed by atoms with Crippen LogP contribution in [-0.2, 0) is 14.3 Å². The summed E-state index contributed by atoms with van der Waals surface area (Å²) in [7, 11) is 1.71. The Bertz CT molecular complexity index is 878.